The summed E-state index contributed by atoms with van der Waals surface area (Å²) in [6.07, 6.45) is 1.61. The number of fused-ring (bicyclic) bond motifs is 1. The van der Waals surface area contributed by atoms with Crippen LogP contribution >= 0.6 is 11.8 Å². The molecule has 102 valence electrons. The number of aromatic nitrogens is 3. The van der Waals surface area contributed by atoms with Crippen LogP contribution in [0.2, 0.25) is 0 Å². The number of hydrogen-bond donors (Lipinski definition) is 1. The van der Waals surface area contributed by atoms with Gasteiger partial charge in [0.25, 0.3) is 0 Å². The third-order valence-electron chi connectivity index (χ3n) is 2.89. The molecule has 0 saturated heterocycles. The van der Waals surface area contributed by atoms with Gasteiger partial charge in [-0.2, -0.15) is 5.26 Å². The Bertz CT molecular complexity index is 817. The van der Waals surface area contributed by atoms with Gasteiger partial charge < -0.3 is 4.98 Å². The molecule has 6 heteroatoms. The van der Waals surface area contributed by atoms with Crippen LogP contribution in [0.15, 0.2) is 47.6 Å². The van der Waals surface area contributed by atoms with E-state index < -0.39 is 0 Å². The molecule has 0 radical (unpaired) electrons. The Labute approximate surface area is 125 Å². The normalized spacial score (nSPS) is 10.4. The number of pyridine rings is 1. The molecule has 0 atom stereocenters. The Balaban J connectivity index is 1.76. The number of Topliss-reactive ketones (excluding diaryl/α,β-unsaturated/α-hetero) is 1. The first-order chi connectivity index (χ1) is 10.3. The molecule has 0 unspecified atom stereocenters. The van der Waals surface area contributed by atoms with Crippen molar-refractivity contribution in [1.82, 2.24) is 15.0 Å². The molecule has 0 fully saturated rings. The van der Waals surface area contributed by atoms with Crippen LogP contribution in [0.5, 0.6) is 0 Å². The number of ketones is 1. The molecule has 0 amide bonds. The summed E-state index contributed by atoms with van der Waals surface area (Å²) in [5.74, 6) is 0.398. The first-order valence-corrected chi connectivity index (χ1v) is 7.22. The second kappa shape index (κ2) is 5.77. The average molecular weight is 294 g/mol. The number of H-pyrrole nitrogens is 1. The van der Waals surface area contributed by atoms with E-state index in [1.165, 1.54) is 11.8 Å². The number of nitrogens with zero attached hydrogens (tertiary/aromatic N) is 3. The van der Waals surface area contributed by atoms with Crippen molar-refractivity contribution in [2.24, 2.45) is 0 Å². The molecular weight excluding hydrogens is 284 g/mol. The number of carbonyl (C=O) groups is 1. The third kappa shape index (κ3) is 2.78. The standard InChI is InChI=1S/C15H10N4OS/c16-8-10-4-3-7-17-15(10)21-9-13(20)14-18-11-5-1-2-6-12(11)19-14/h1-7H,9H2,(H,18,19). The lowest BCUT2D eigenvalue weighted by molar-refractivity contribution is 0.101. The van der Waals surface area contributed by atoms with Crippen LogP contribution in [-0.4, -0.2) is 26.5 Å². The van der Waals surface area contributed by atoms with Crippen molar-refractivity contribution in [1.29, 1.82) is 5.26 Å². The van der Waals surface area contributed by atoms with Crippen LogP contribution in [0.4, 0.5) is 0 Å². The molecule has 0 aliphatic carbocycles. The van der Waals surface area contributed by atoms with Gasteiger partial charge in [0.15, 0.2) is 5.82 Å². The highest BCUT2D eigenvalue weighted by atomic mass is 32.2. The molecule has 0 aliphatic rings. The highest BCUT2D eigenvalue weighted by molar-refractivity contribution is 8.00. The minimum atomic E-state index is -0.120. The first kappa shape index (κ1) is 13.3. The minimum Gasteiger partial charge on any atom is -0.335 e. The molecule has 0 spiro atoms. The van der Waals surface area contributed by atoms with Crippen molar-refractivity contribution in [2.75, 3.05) is 5.75 Å². The van der Waals surface area contributed by atoms with Crippen molar-refractivity contribution < 1.29 is 4.79 Å². The minimum absolute atomic E-state index is 0.120. The average Bonchev–Trinajstić information content (AvgIpc) is 2.97. The van der Waals surface area contributed by atoms with Gasteiger partial charge in [0.05, 0.1) is 22.3 Å². The van der Waals surface area contributed by atoms with E-state index in [2.05, 4.69) is 21.0 Å². The zero-order valence-electron chi connectivity index (χ0n) is 10.9. The number of imidazole rings is 1. The van der Waals surface area contributed by atoms with Crippen LogP contribution in [0.25, 0.3) is 11.0 Å². The number of para-hydroxylation sites is 2. The fraction of sp³-hybridized carbons (Fsp3) is 0.0667. The predicted molar refractivity (Wildman–Crippen MR) is 80.1 cm³/mol. The molecule has 0 bridgehead atoms. The van der Waals surface area contributed by atoms with E-state index in [9.17, 15) is 4.79 Å². The molecule has 2 aromatic heterocycles. The molecule has 1 N–H and O–H groups in total. The van der Waals surface area contributed by atoms with Gasteiger partial charge in [-0.15, -0.1) is 0 Å². The molecule has 1 aromatic carbocycles. The van der Waals surface area contributed by atoms with Crippen LogP contribution in [0.3, 0.4) is 0 Å². The largest absolute Gasteiger partial charge is 0.335 e. The highest BCUT2D eigenvalue weighted by Crippen LogP contribution is 2.20. The van der Waals surface area contributed by atoms with Gasteiger partial charge >= 0.3 is 0 Å². The van der Waals surface area contributed by atoms with Gasteiger partial charge in [-0.3, -0.25) is 4.79 Å². The number of thioether (sulfide) groups is 1. The summed E-state index contributed by atoms with van der Waals surface area (Å²) in [7, 11) is 0. The van der Waals surface area contributed by atoms with E-state index in [1.54, 1.807) is 18.3 Å². The lowest BCUT2D eigenvalue weighted by Gasteiger charge is -2.00. The highest BCUT2D eigenvalue weighted by Gasteiger charge is 2.13. The van der Waals surface area contributed by atoms with E-state index in [4.69, 9.17) is 5.26 Å². The van der Waals surface area contributed by atoms with Crippen LogP contribution < -0.4 is 0 Å². The summed E-state index contributed by atoms with van der Waals surface area (Å²) >= 11 is 1.24. The molecule has 3 rings (SSSR count). The smallest absolute Gasteiger partial charge is 0.208 e. The van der Waals surface area contributed by atoms with Crippen LogP contribution in [-0.2, 0) is 0 Å². The molecule has 0 saturated carbocycles. The summed E-state index contributed by atoms with van der Waals surface area (Å²) < 4.78 is 0. The summed E-state index contributed by atoms with van der Waals surface area (Å²) in [6.45, 7) is 0. The molecule has 3 aromatic rings. The number of aromatic amines is 1. The zero-order chi connectivity index (χ0) is 14.7. The van der Waals surface area contributed by atoms with Gasteiger partial charge in [-0.1, -0.05) is 23.9 Å². The summed E-state index contributed by atoms with van der Waals surface area (Å²) in [4.78, 5) is 23.5. The summed E-state index contributed by atoms with van der Waals surface area (Å²) in [5.41, 5.74) is 2.07. The van der Waals surface area contributed by atoms with Gasteiger partial charge in [0, 0.05) is 6.20 Å². The monoisotopic (exact) mass is 294 g/mol. The summed E-state index contributed by atoms with van der Waals surface area (Å²) in [6, 6.07) is 12.9. The SMILES string of the molecule is N#Cc1cccnc1SCC(=O)c1nc2ccccc2[nH]1. The number of hydrogen-bond acceptors (Lipinski definition) is 5. The molecular formula is C15H10N4OS. The second-order valence-corrected chi connectivity index (χ2v) is 5.25. The lowest BCUT2D eigenvalue weighted by Crippen LogP contribution is -2.05. The zero-order valence-corrected chi connectivity index (χ0v) is 11.7. The molecule has 0 aliphatic heterocycles. The maximum atomic E-state index is 12.2. The van der Waals surface area contributed by atoms with E-state index in [-0.39, 0.29) is 11.5 Å². The van der Waals surface area contributed by atoms with Crippen molar-refractivity contribution in [3.8, 4) is 6.07 Å². The van der Waals surface area contributed by atoms with Gasteiger partial charge in [-0.05, 0) is 24.3 Å². The number of nitriles is 1. The Hall–Kier alpha value is -2.65. The maximum absolute atomic E-state index is 12.2. The van der Waals surface area contributed by atoms with E-state index in [1.807, 2.05) is 24.3 Å². The molecule has 2 heterocycles. The predicted octanol–water partition coefficient (Wildman–Crippen LogP) is 2.80. The van der Waals surface area contributed by atoms with Crippen LogP contribution in [0.1, 0.15) is 16.2 Å². The van der Waals surface area contributed by atoms with Gasteiger partial charge in [-0.25, -0.2) is 9.97 Å². The number of benzene rings is 1. The van der Waals surface area contributed by atoms with E-state index in [0.717, 1.165) is 11.0 Å². The maximum Gasteiger partial charge on any atom is 0.208 e. The molecule has 21 heavy (non-hydrogen) atoms. The van der Waals surface area contributed by atoms with Gasteiger partial charge in [0.1, 0.15) is 11.1 Å². The second-order valence-electron chi connectivity index (χ2n) is 4.28. The fourth-order valence-electron chi connectivity index (χ4n) is 1.88. The summed E-state index contributed by atoms with van der Waals surface area (Å²) in [5, 5.41) is 9.55. The topological polar surface area (TPSA) is 82.4 Å². The number of carbonyl (C=O) groups excluding carboxylic acids is 1. The van der Waals surface area contributed by atoms with Crippen molar-refractivity contribution in [2.45, 2.75) is 5.03 Å². The lowest BCUT2D eigenvalue weighted by atomic mass is 10.3. The van der Waals surface area contributed by atoms with E-state index in [0.29, 0.717) is 16.4 Å². The van der Waals surface area contributed by atoms with E-state index >= 15 is 0 Å². The van der Waals surface area contributed by atoms with Crippen molar-refractivity contribution in [3.05, 3.63) is 54.0 Å². The third-order valence-corrected chi connectivity index (χ3v) is 3.89. The quantitative estimate of drug-likeness (QED) is 0.591. The molecule has 5 nitrogen and oxygen atoms in total. The van der Waals surface area contributed by atoms with Crippen molar-refractivity contribution in [3.63, 3.8) is 0 Å². The Kier molecular flexibility index (Phi) is 3.67. The first-order valence-electron chi connectivity index (χ1n) is 6.24. The fourth-order valence-corrected chi connectivity index (χ4v) is 2.69. The van der Waals surface area contributed by atoms with Crippen molar-refractivity contribution >= 4 is 28.6 Å². The Morgan fingerprint density at radius 1 is 1.29 bits per heavy atom. The number of rotatable bonds is 4. The van der Waals surface area contributed by atoms with Crippen LogP contribution in [0, 0.1) is 11.3 Å². The number of nitrogens with one attached hydrogen (secondary N) is 1. The Morgan fingerprint density at radius 2 is 2.14 bits per heavy atom. The van der Waals surface area contributed by atoms with Gasteiger partial charge in [0.2, 0.25) is 5.78 Å². The Morgan fingerprint density at radius 3 is 2.95 bits per heavy atom.